The molecule has 0 atom stereocenters. The van der Waals surface area contributed by atoms with Crippen LogP contribution in [0.2, 0.25) is 0 Å². The van der Waals surface area contributed by atoms with Crippen LogP contribution < -0.4 is 15.5 Å². The second-order valence-corrected chi connectivity index (χ2v) is 6.76. The van der Waals surface area contributed by atoms with Gasteiger partial charge >= 0.3 is 6.18 Å². The van der Waals surface area contributed by atoms with E-state index in [9.17, 15) is 18.0 Å². The lowest BCUT2D eigenvalue weighted by molar-refractivity contribution is -0.137. The van der Waals surface area contributed by atoms with Crippen LogP contribution in [0.4, 0.5) is 24.5 Å². The third-order valence-corrected chi connectivity index (χ3v) is 4.75. The van der Waals surface area contributed by atoms with E-state index in [-0.39, 0.29) is 5.56 Å². The monoisotopic (exact) mass is 377 g/mol. The summed E-state index contributed by atoms with van der Waals surface area (Å²) in [6, 6.07) is 8.95. The van der Waals surface area contributed by atoms with Crippen LogP contribution in [0.25, 0.3) is 0 Å². The van der Waals surface area contributed by atoms with Crippen molar-refractivity contribution < 1.29 is 18.0 Å². The molecule has 1 heterocycles. The van der Waals surface area contributed by atoms with E-state index in [1.807, 2.05) is 24.8 Å². The van der Waals surface area contributed by atoms with E-state index in [4.69, 9.17) is 0 Å². The number of halogens is 3. The molecule has 144 valence electrons. The summed E-state index contributed by atoms with van der Waals surface area (Å²) in [6.45, 7) is 6.45. The van der Waals surface area contributed by atoms with Crippen molar-refractivity contribution in [3.05, 3.63) is 58.7 Å². The number of aryl methyl sites for hydroxylation is 2. The molecule has 0 spiro atoms. The molecule has 1 amide bonds. The summed E-state index contributed by atoms with van der Waals surface area (Å²) in [5, 5.41) is 5.86. The Kier molecular flexibility index (Phi) is 5.41. The highest BCUT2D eigenvalue weighted by Gasteiger charge is 2.32. The van der Waals surface area contributed by atoms with Gasteiger partial charge in [0.1, 0.15) is 0 Å². The van der Waals surface area contributed by atoms with Crippen LogP contribution in [0.3, 0.4) is 0 Å². The molecular formula is C20H22F3N3O. The Bertz CT molecular complexity index is 843. The first-order chi connectivity index (χ1) is 12.7. The molecule has 1 aliphatic rings. The Hall–Kier alpha value is -2.54. The molecule has 2 aromatic rings. The van der Waals surface area contributed by atoms with Crippen molar-refractivity contribution in [1.82, 2.24) is 5.32 Å². The van der Waals surface area contributed by atoms with Crippen LogP contribution in [0.5, 0.6) is 0 Å². The summed E-state index contributed by atoms with van der Waals surface area (Å²) < 4.78 is 40.0. The summed E-state index contributed by atoms with van der Waals surface area (Å²) in [6.07, 6.45) is -4.51. The highest BCUT2D eigenvalue weighted by molar-refractivity contribution is 6.05. The SMILES string of the molecule is Cc1ccc(NC(=O)c2cc(N3CCNCC3)cc(C(F)(F)F)c2)cc1C. The first-order valence-corrected chi connectivity index (χ1v) is 8.80. The smallest absolute Gasteiger partial charge is 0.369 e. The third kappa shape index (κ3) is 4.60. The van der Waals surface area contributed by atoms with Gasteiger partial charge in [-0.15, -0.1) is 0 Å². The lowest BCUT2D eigenvalue weighted by Crippen LogP contribution is -2.43. The first-order valence-electron chi connectivity index (χ1n) is 8.80. The van der Waals surface area contributed by atoms with E-state index in [0.29, 0.717) is 37.6 Å². The Morgan fingerprint density at radius 2 is 1.74 bits per heavy atom. The number of nitrogens with zero attached hydrogens (tertiary/aromatic N) is 1. The summed E-state index contributed by atoms with van der Waals surface area (Å²) in [7, 11) is 0. The number of amides is 1. The second kappa shape index (κ2) is 7.60. The fraction of sp³-hybridized carbons (Fsp3) is 0.350. The average Bonchev–Trinajstić information content (AvgIpc) is 2.64. The van der Waals surface area contributed by atoms with Crippen molar-refractivity contribution >= 4 is 17.3 Å². The number of rotatable bonds is 3. The highest BCUT2D eigenvalue weighted by atomic mass is 19.4. The summed E-state index contributed by atoms with van der Waals surface area (Å²) in [5.41, 5.74) is 2.23. The molecule has 1 saturated heterocycles. The number of carbonyl (C=O) groups is 1. The van der Waals surface area contributed by atoms with Gasteiger partial charge in [-0.3, -0.25) is 4.79 Å². The molecule has 0 saturated carbocycles. The maximum absolute atomic E-state index is 13.3. The lowest BCUT2D eigenvalue weighted by atomic mass is 10.1. The fourth-order valence-corrected chi connectivity index (χ4v) is 3.03. The molecule has 0 unspecified atom stereocenters. The van der Waals surface area contributed by atoms with Gasteiger partial charge < -0.3 is 15.5 Å². The zero-order chi connectivity index (χ0) is 19.6. The van der Waals surface area contributed by atoms with Crippen molar-refractivity contribution in [3.8, 4) is 0 Å². The number of hydrogen-bond acceptors (Lipinski definition) is 3. The van der Waals surface area contributed by atoms with E-state index < -0.39 is 17.6 Å². The van der Waals surface area contributed by atoms with Crippen molar-refractivity contribution in [2.45, 2.75) is 20.0 Å². The molecular weight excluding hydrogens is 355 g/mol. The summed E-state index contributed by atoms with van der Waals surface area (Å²) in [5.74, 6) is -0.555. The summed E-state index contributed by atoms with van der Waals surface area (Å²) in [4.78, 5) is 14.5. The minimum absolute atomic E-state index is 0.00316. The predicted octanol–water partition coefficient (Wildman–Crippen LogP) is 3.98. The number of benzene rings is 2. The Morgan fingerprint density at radius 1 is 1.04 bits per heavy atom. The zero-order valence-corrected chi connectivity index (χ0v) is 15.3. The van der Waals surface area contributed by atoms with Crippen LogP contribution in [-0.4, -0.2) is 32.1 Å². The van der Waals surface area contributed by atoms with Crippen LogP contribution in [0.1, 0.15) is 27.0 Å². The highest BCUT2D eigenvalue weighted by Crippen LogP contribution is 2.33. The molecule has 0 bridgehead atoms. The van der Waals surface area contributed by atoms with Gasteiger partial charge in [-0.2, -0.15) is 13.2 Å². The molecule has 7 heteroatoms. The van der Waals surface area contributed by atoms with Crippen LogP contribution in [0, 0.1) is 13.8 Å². The van der Waals surface area contributed by atoms with Gasteiger partial charge in [-0.1, -0.05) is 6.07 Å². The van der Waals surface area contributed by atoms with E-state index in [2.05, 4.69) is 10.6 Å². The van der Waals surface area contributed by atoms with Crippen molar-refractivity contribution in [2.75, 3.05) is 36.4 Å². The largest absolute Gasteiger partial charge is 0.416 e. The van der Waals surface area contributed by atoms with Gasteiger partial charge in [0.15, 0.2) is 0 Å². The minimum Gasteiger partial charge on any atom is -0.369 e. The van der Waals surface area contributed by atoms with Gasteiger partial charge in [0.2, 0.25) is 0 Å². The molecule has 1 aliphatic heterocycles. The standard InChI is InChI=1S/C20H22F3N3O/c1-13-3-4-17(9-14(13)2)25-19(27)15-10-16(20(21,22)23)12-18(11-15)26-7-5-24-6-8-26/h3-4,9-12,24H,5-8H2,1-2H3,(H,25,27). The Balaban J connectivity index is 1.92. The van der Waals surface area contributed by atoms with Crippen molar-refractivity contribution in [1.29, 1.82) is 0 Å². The number of hydrogen-bond donors (Lipinski definition) is 2. The number of carbonyl (C=O) groups excluding carboxylic acids is 1. The Morgan fingerprint density at radius 3 is 2.37 bits per heavy atom. The second-order valence-electron chi connectivity index (χ2n) is 6.76. The van der Waals surface area contributed by atoms with Gasteiger partial charge in [0.25, 0.3) is 5.91 Å². The molecule has 2 aromatic carbocycles. The van der Waals surface area contributed by atoms with Crippen LogP contribution >= 0.6 is 0 Å². The number of alkyl halides is 3. The maximum atomic E-state index is 13.3. The summed E-state index contributed by atoms with van der Waals surface area (Å²) >= 11 is 0. The number of piperazine rings is 1. The van der Waals surface area contributed by atoms with Crippen molar-refractivity contribution in [3.63, 3.8) is 0 Å². The van der Waals surface area contributed by atoms with E-state index in [1.165, 1.54) is 6.07 Å². The molecule has 1 fully saturated rings. The zero-order valence-electron chi connectivity index (χ0n) is 15.3. The van der Waals surface area contributed by atoms with E-state index in [0.717, 1.165) is 23.3 Å². The average molecular weight is 377 g/mol. The molecule has 27 heavy (non-hydrogen) atoms. The molecule has 0 aromatic heterocycles. The predicted molar refractivity (Wildman–Crippen MR) is 100 cm³/mol. The van der Waals surface area contributed by atoms with Crippen LogP contribution in [0.15, 0.2) is 36.4 Å². The Labute approximate surface area is 156 Å². The van der Waals surface area contributed by atoms with Gasteiger partial charge in [0.05, 0.1) is 5.56 Å². The van der Waals surface area contributed by atoms with Gasteiger partial charge in [-0.25, -0.2) is 0 Å². The molecule has 4 nitrogen and oxygen atoms in total. The maximum Gasteiger partial charge on any atom is 0.416 e. The number of anilines is 2. The fourth-order valence-electron chi connectivity index (χ4n) is 3.03. The molecule has 0 aliphatic carbocycles. The lowest BCUT2D eigenvalue weighted by Gasteiger charge is -2.30. The minimum atomic E-state index is -4.51. The van der Waals surface area contributed by atoms with E-state index >= 15 is 0 Å². The van der Waals surface area contributed by atoms with Gasteiger partial charge in [-0.05, 0) is 55.3 Å². The first kappa shape index (κ1) is 19.2. The quantitative estimate of drug-likeness (QED) is 0.850. The molecule has 3 rings (SSSR count). The third-order valence-electron chi connectivity index (χ3n) is 4.75. The van der Waals surface area contributed by atoms with Crippen LogP contribution in [-0.2, 0) is 6.18 Å². The molecule has 2 N–H and O–H groups in total. The van der Waals surface area contributed by atoms with Crippen molar-refractivity contribution in [2.24, 2.45) is 0 Å². The normalized spacial score (nSPS) is 14.9. The van der Waals surface area contributed by atoms with Gasteiger partial charge in [0, 0.05) is 43.1 Å². The van der Waals surface area contributed by atoms with E-state index in [1.54, 1.807) is 12.1 Å². The number of nitrogens with one attached hydrogen (secondary N) is 2. The molecule has 0 radical (unpaired) electrons. The topological polar surface area (TPSA) is 44.4 Å².